The molecule has 0 radical (unpaired) electrons. The molecule has 0 spiro atoms. The molecule has 6 heteroatoms. The molecule has 2 heterocycles. The zero-order valence-electron chi connectivity index (χ0n) is 14.5. The van der Waals surface area contributed by atoms with E-state index in [9.17, 15) is 4.79 Å². The van der Waals surface area contributed by atoms with E-state index in [-0.39, 0.29) is 6.03 Å². The number of carbonyl (C=O) groups excluding carboxylic acids is 1. The van der Waals surface area contributed by atoms with E-state index in [1.54, 1.807) is 11.9 Å². The van der Waals surface area contributed by atoms with Crippen molar-refractivity contribution >= 4 is 29.0 Å². The van der Waals surface area contributed by atoms with Crippen LogP contribution in [-0.2, 0) is 19.6 Å². The first-order valence-corrected chi connectivity index (χ1v) is 9.83. The summed E-state index contributed by atoms with van der Waals surface area (Å²) in [6, 6.07) is 12.1. The number of nitrogens with one attached hydrogen (secondary N) is 1. The number of urea groups is 1. The molecule has 1 N–H and O–H groups in total. The summed E-state index contributed by atoms with van der Waals surface area (Å²) >= 11 is 7.45. The normalized spacial score (nSPS) is 14.6. The molecule has 0 atom stereocenters. The number of likely N-dealkylation sites (tertiary alicyclic amines) is 1. The van der Waals surface area contributed by atoms with Crippen molar-refractivity contribution in [2.45, 2.75) is 32.5 Å². The second kappa shape index (κ2) is 8.70. The summed E-state index contributed by atoms with van der Waals surface area (Å²) in [4.78, 5) is 17.6. The Bertz CT molecular complexity index is 712. The van der Waals surface area contributed by atoms with E-state index in [4.69, 9.17) is 11.6 Å². The molecule has 0 aliphatic carbocycles. The van der Waals surface area contributed by atoms with Crippen LogP contribution in [-0.4, -0.2) is 36.0 Å². The summed E-state index contributed by atoms with van der Waals surface area (Å²) in [5.74, 6) is 0. The Morgan fingerprint density at radius 3 is 2.60 bits per heavy atom. The first-order chi connectivity index (χ1) is 12.1. The molecule has 2 aromatic rings. The highest BCUT2D eigenvalue weighted by atomic mass is 35.5. The van der Waals surface area contributed by atoms with E-state index in [1.165, 1.54) is 48.4 Å². The van der Waals surface area contributed by atoms with Gasteiger partial charge in [0.2, 0.25) is 0 Å². The third kappa shape index (κ3) is 5.21. The Balaban J connectivity index is 1.54. The van der Waals surface area contributed by atoms with Crippen molar-refractivity contribution in [2.75, 3.05) is 20.1 Å². The van der Waals surface area contributed by atoms with Gasteiger partial charge in [-0.2, -0.15) is 0 Å². The van der Waals surface area contributed by atoms with Crippen molar-refractivity contribution in [3.05, 3.63) is 56.7 Å². The fourth-order valence-electron chi connectivity index (χ4n) is 3.11. The molecule has 1 aromatic carbocycles. The summed E-state index contributed by atoms with van der Waals surface area (Å²) in [6.45, 7) is 4.44. The molecule has 1 fully saturated rings. The van der Waals surface area contributed by atoms with Gasteiger partial charge in [0.15, 0.2) is 0 Å². The summed E-state index contributed by atoms with van der Waals surface area (Å²) in [5.41, 5.74) is 2.49. The van der Waals surface area contributed by atoms with Crippen LogP contribution in [0.25, 0.3) is 0 Å². The molecule has 4 nitrogen and oxygen atoms in total. The Morgan fingerprint density at radius 1 is 1.20 bits per heavy atom. The fourth-order valence-corrected chi connectivity index (χ4v) is 4.26. The molecule has 0 unspecified atom stereocenters. The lowest BCUT2D eigenvalue weighted by Crippen LogP contribution is -2.36. The van der Waals surface area contributed by atoms with E-state index in [1.807, 2.05) is 18.2 Å². The molecule has 0 bridgehead atoms. The lowest BCUT2D eigenvalue weighted by Gasteiger charge is -2.20. The van der Waals surface area contributed by atoms with Gasteiger partial charge in [-0.05, 0) is 49.2 Å². The highest BCUT2D eigenvalue weighted by Gasteiger charge is 2.15. The van der Waals surface area contributed by atoms with Crippen LogP contribution in [0, 0.1) is 0 Å². The lowest BCUT2D eigenvalue weighted by atomic mass is 10.1. The monoisotopic (exact) mass is 377 g/mol. The Kier molecular flexibility index (Phi) is 6.34. The number of carbonyl (C=O) groups is 1. The number of hydrogen-bond donors (Lipinski definition) is 1. The molecule has 134 valence electrons. The van der Waals surface area contributed by atoms with Crippen LogP contribution in [0.1, 0.15) is 28.8 Å². The van der Waals surface area contributed by atoms with Gasteiger partial charge >= 0.3 is 6.03 Å². The molecule has 1 aromatic heterocycles. The Labute approximate surface area is 158 Å². The molecule has 3 rings (SSSR count). The largest absolute Gasteiger partial charge is 0.334 e. The average Bonchev–Trinajstić information content (AvgIpc) is 3.25. The van der Waals surface area contributed by atoms with Crippen molar-refractivity contribution in [1.29, 1.82) is 0 Å². The topological polar surface area (TPSA) is 35.6 Å². The predicted octanol–water partition coefficient (Wildman–Crippen LogP) is 4.34. The van der Waals surface area contributed by atoms with Gasteiger partial charge in [0.1, 0.15) is 0 Å². The molecule has 1 saturated heterocycles. The van der Waals surface area contributed by atoms with Gasteiger partial charge in [-0.25, -0.2) is 4.79 Å². The van der Waals surface area contributed by atoms with Gasteiger partial charge in [0, 0.05) is 25.0 Å². The van der Waals surface area contributed by atoms with E-state index in [0.29, 0.717) is 13.1 Å². The maximum absolute atomic E-state index is 12.4. The van der Waals surface area contributed by atoms with Crippen molar-refractivity contribution in [3.8, 4) is 0 Å². The van der Waals surface area contributed by atoms with Crippen LogP contribution in [0.5, 0.6) is 0 Å². The second-order valence-corrected chi connectivity index (χ2v) is 8.27. The molecule has 1 aliphatic heterocycles. The van der Waals surface area contributed by atoms with Crippen molar-refractivity contribution in [1.82, 2.24) is 15.1 Å². The highest BCUT2D eigenvalue weighted by Crippen LogP contribution is 2.22. The van der Waals surface area contributed by atoms with Gasteiger partial charge in [0.25, 0.3) is 0 Å². The fraction of sp³-hybridized carbons (Fsp3) is 0.421. The number of amides is 2. The van der Waals surface area contributed by atoms with Crippen LogP contribution >= 0.6 is 22.9 Å². The van der Waals surface area contributed by atoms with Gasteiger partial charge in [-0.3, -0.25) is 4.90 Å². The minimum Gasteiger partial charge on any atom is -0.334 e. The summed E-state index contributed by atoms with van der Waals surface area (Å²) in [6.07, 6.45) is 2.58. The van der Waals surface area contributed by atoms with Crippen molar-refractivity contribution in [3.63, 3.8) is 0 Å². The van der Waals surface area contributed by atoms with Crippen molar-refractivity contribution in [2.24, 2.45) is 0 Å². The third-order valence-electron chi connectivity index (χ3n) is 4.51. The van der Waals surface area contributed by atoms with Crippen LogP contribution in [0.15, 0.2) is 36.4 Å². The Hall–Kier alpha value is -1.56. The van der Waals surface area contributed by atoms with Crippen molar-refractivity contribution < 1.29 is 4.79 Å². The molecular formula is C19H24ClN3OS. The molecule has 0 saturated carbocycles. The maximum atomic E-state index is 12.4. The van der Waals surface area contributed by atoms with E-state index in [2.05, 4.69) is 28.4 Å². The number of nitrogens with zero attached hydrogens (tertiary/aromatic N) is 2. The average molecular weight is 378 g/mol. The number of thiophene rings is 1. The maximum Gasteiger partial charge on any atom is 0.317 e. The summed E-state index contributed by atoms with van der Waals surface area (Å²) < 4.78 is 0.750. The SMILES string of the molecule is CN(Cc1ccc(Cl)s1)C(=O)NCc1ccccc1CN1CCCC1. The first kappa shape index (κ1) is 18.2. The number of benzene rings is 1. The number of hydrogen-bond acceptors (Lipinski definition) is 3. The summed E-state index contributed by atoms with van der Waals surface area (Å²) in [7, 11) is 1.80. The minimum atomic E-state index is -0.0690. The second-order valence-electron chi connectivity index (χ2n) is 6.47. The molecule has 25 heavy (non-hydrogen) atoms. The van der Waals surface area contributed by atoms with Crippen LogP contribution < -0.4 is 5.32 Å². The zero-order valence-corrected chi connectivity index (χ0v) is 16.1. The summed E-state index contributed by atoms with van der Waals surface area (Å²) in [5, 5.41) is 3.03. The van der Waals surface area contributed by atoms with E-state index >= 15 is 0 Å². The van der Waals surface area contributed by atoms with Gasteiger partial charge in [-0.1, -0.05) is 35.9 Å². The zero-order chi connectivity index (χ0) is 17.6. The lowest BCUT2D eigenvalue weighted by molar-refractivity contribution is 0.207. The molecule has 2 amide bonds. The first-order valence-electron chi connectivity index (χ1n) is 8.64. The van der Waals surface area contributed by atoms with E-state index < -0.39 is 0 Å². The van der Waals surface area contributed by atoms with E-state index in [0.717, 1.165) is 15.8 Å². The predicted molar refractivity (Wildman–Crippen MR) is 104 cm³/mol. The highest BCUT2D eigenvalue weighted by molar-refractivity contribution is 7.16. The van der Waals surface area contributed by atoms with Crippen LogP contribution in [0.2, 0.25) is 4.34 Å². The molecule has 1 aliphatic rings. The standard InChI is InChI=1S/C19H24ClN3OS/c1-22(14-17-8-9-18(20)25-17)19(24)21-12-15-6-2-3-7-16(15)13-23-10-4-5-11-23/h2-3,6-9H,4-5,10-14H2,1H3,(H,21,24). The van der Waals surface area contributed by atoms with Crippen LogP contribution in [0.4, 0.5) is 4.79 Å². The quantitative estimate of drug-likeness (QED) is 0.812. The van der Waals surface area contributed by atoms with Crippen LogP contribution in [0.3, 0.4) is 0 Å². The number of rotatable bonds is 6. The third-order valence-corrected chi connectivity index (χ3v) is 5.73. The number of halogens is 1. The van der Waals surface area contributed by atoms with Gasteiger partial charge in [0.05, 0.1) is 10.9 Å². The minimum absolute atomic E-state index is 0.0690. The smallest absolute Gasteiger partial charge is 0.317 e. The van der Waals surface area contributed by atoms with Gasteiger partial charge in [-0.15, -0.1) is 11.3 Å². The molecular weight excluding hydrogens is 354 g/mol. The van der Waals surface area contributed by atoms with Gasteiger partial charge < -0.3 is 10.2 Å². The Morgan fingerprint density at radius 2 is 1.92 bits per heavy atom.